The summed E-state index contributed by atoms with van der Waals surface area (Å²) in [6.07, 6.45) is -0.811. The number of hydrogen-bond acceptors (Lipinski definition) is 5. The molecule has 3 aromatic carbocycles. The van der Waals surface area contributed by atoms with E-state index in [1.807, 2.05) is 72.8 Å². The molecule has 0 aliphatic carbocycles. The molecule has 3 aromatic rings. The zero-order valence-electron chi connectivity index (χ0n) is 18.0. The van der Waals surface area contributed by atoms with Crippen molar-refractivity contribution in [3.05, 3.63) is 107 Å². The van der Waals surface area contributed by atoms with E-state index >= 15 is 0 Å². The van der Waals surface area contributed by atoms with Crippen LogP contribution in [0, 0.1) is 23.7 Å². The van der Waals surface area contributed by atoms with Gasteiger partial charge in [0.15, 0.2) is 0 Å². The van der Waals surface area contributed by atoms with Crippen molar-refractivity contribution < 1.29 is 24.4 Å². The number of benzene rings is 3. The van der Waals surface area contributed by atoms with Gasteiger partial charge in [-0.2, -0.15) is 0 Å². The van der Waals surface area contributed by atoms with Crippen LogP contribution in [0.2, 0.25) is 0 Å². The van der Waals surface area contributed by atoms with Crippen LogP contribution in [0.4, 0.5) is 0 Å². The summed E-state index contributed by atoms with van der Waals surface area (Å²) in [6, 6.07) is 24.8. The molecule has 1 fully saturated rings. The van der Waals surface area contributed by atoms with Crippen molar-refractivity contribution in [1.82, 2.24) is 0 Å². The molecule has 1 heterocycles. The average molecular weight is 440 g/mol. The Labute approximate surface area is 193 Å². The quantitative estimate of drug-likeness (QED) is 0.336. The van der Waals surface area contributed by atoms with Gasteiger partial charge in [-0.15, -0.1) is 0 Å². The normalized spacial score (nSPS) is 18.5. The second-order valence-corrected chi connectivity index (χ2v) is 7.35. The highest BCUT2D eigenvalue weighted by Gasteiger charge is 2.59. The molecule has 1 saturated heterocycles. The van der Waals surface area contributed by atoms with Gasteiger partial charge in [0.2, 0.25) is 12.1 Å². The first-order valence-corrected chi connectivity index (χ1v) is 10.7. The van der Waals surface area contributed by atoms with Gasteiger partial charge in [0, 0.05) is 27.8 Å². The first kappa shape index (κ1) is 22.8. The second-order valence-electron chi connectivity index (χ2n) is 7.35. The predicted octanol–water partition coefficient (Wildman–Crippen LogP) is 3.01. The summed E-state index contributed by atoms with van der Waals surface area (Å²) in [7, 11) is 0. The third-order valence-corrected chi connectivity index (χ3v) is 4.93. The summed E-state index contributed by atoms with van der Waals surface area (Å²) in [5.74, 6) is 11.0. The third kappa shape index (κ3) is 6.09. The van der Waals surface area contributed by atoms with Crippen molar-refractivity contribution in [1.29, 1.82) is 0 Å². The topological polar surface area (TPSA) is 71.5 Å². The van der Waals surface area contributed by atoms with Crippen molar-refractivity contribution in [2.45, 2.75) is 12.1 Å². The first-order valence-electron chi connectivity index (χ1n) is 10.7. The van der Waals surface area contributed by atoms with Crippen LogP contribution in [-0.4, -0.2) is 42.9 Å². The fourth-order valence-corrected chi connectivity index (χ4v) is 3.21. The van der Waals surface area contributed by atoms with Crippen LogP contribution in [0.5, 0.6) is 0 Å². The van der Waals surface area contributed by atoms with Crippen LogP contribution in [0.15, 0.2) is 78.9 Å². The molecule has 1 aliphatic heterocycles. The minimum absolute atomic E-state index is 0.0488. The van der Waals surface area contributed by atoms with Crippen LogP contribution >= 0.6 is 0 Å². The number of aliphatic hydroxyl groups is 2. The maximum absolute atomic E-state index is 11.0. The Bertz CT molecular complexity index is 1180. The van der Waals surface area contributed by atoms with Gasteiger partial charge in [-0.05, 0) is 36.4 Å². The van der Waals surface area contributed by atoms with E-state index in [0.29, 0.717) is 17.7 Å². The van der Waals surface area contributed by atoms with E-state index < -0.39 is 12.1 Å². The largest absolute Gasteiger partial charge is 0.394 e. The molecular formula is C28H24O5. The van der Waals surface area contributed by atoms with Gasteiger partial charge in [0.25, 0.3) is 0 Å². The van der Waals surface area contributed by atoms with E-state index in [1.54, 1.807) is 6.07 Å². The van der Waals surface area contributed by atoms with E-state index in [0.717, 1.165) is 16.7 Å². The lowest BCUT2D eigenvalue weighted by Crippen LogP contribution is -2.17. The number of aliphatic hydroxyl groups excluding tert-OH is 1. The fraction of sp³-hybridized carbons (Fsp3) is 0.214. The number of rotatable bonds is 7. The average Bonchev–Trinajstić information content (AvgIpc) is 3.53. The molecule has 2 N–H and O–H groups in total. The first-order chi connectivity index (χ1) is 16.2. The standard InChI is InChI=1S/C28H24O5/c29-17-18-31-19-20-32-27-28(30,33-27)26-16-14-24(12-11-22-7-3-1-4-8-22)21-25(26)15-13-23-9-5-2-6-10-23/h1-10,14,16,21,27,29-30H,17-20H2. The molecule has 0 radical (unpaired) electrons. The van der Waals surface area contributed by atoms with Gasteiger partial charge < -0.3 is 24.4 Å². The molecule has 1 aliphatic rings. The van der Waals surface area contributed by atoms with Gasteiger partial charge >= 0.3 is 0 Å². The molecule has 0 aromatic heterocycles. The van der Waals surface area contributed by atoms with Gasteiger partial charge in [-0.3, -0.25) is 0 Å². The summed E-state index contributed by atoms with van der Waals surface area (Å²) in [4.78, 5) is 0. The van der Waals surface area contributed by atoms with Crippen molar-refractivity contribution in [2.75, 3.05) is 26.4 Å². The molecule has 0 bridgehead atoms. The molecule has 5 heteroatoms. The van der Waals surface area contributed by atoms with Crippen molar-refractivity contribution in [3.8, 4) is 23.7 Å². The predicted molar refractivity (Wildman–Crippen MR) is 124 cm³/mol. The van der Waals surface area contributed by atoms with E-state index in [9.17, 15) is 5.11 Å². The second kappa shape index (κ2) is 10.9. The SMILES string of the molecule is OCCOCCOC1OC1(O)c1ccc(C#Cc2ccccc2)cc1C#Cc1ccccc1. The van der Waals surface area contributed by atoms with E-state index in [1.165, 1.54) is 0 Å². The Morgan fingerprint density at radius 1 is 0.758 bits per heavy atom. The molecule has 2 unspecified atom stereocenters. The smallest absolute Gasteiger partial charge is 0.249 e. The number of hydrogen-bond donors (Lipinski definition) is 2. The zero-order valence-corrected chi connectivity index (χ0v) is 18.0. The molecule has 5 nitrogen and oxygen atoms in total. The molecule has 0 amide bonds. The molecule has 0 spiro atoms. The van der Waals surface area contributed by atoms with Crippen LogP contribution in [0.3, 0.4) is 0 Å². The van der Waals surface area contributed by atoms with Gasteiger partial charge in [-0.25, -0.2) is 0 Å². The number of ether oxygens (including phenoxy) is 3. The third-order valence-electron chi connectivity index (χ3n) is 4.93. The zero-order chi connectivity index (χ0) is 22.9. The lowest BCUT2D eigenvalue weighted by molar-refractivity contribution is -0.00708. The highest BCUT2D eigenvalue weighted by Crippen LogP contribution is 2.45. The summed E-state index contributed by atoms with van der Waals surface area (Å²) in [6.45, 7) is 0.723. The molecular weight excluding hydrogens is 416 g/mol. The highest BCUT2D eigenvalue weighted by molar-refractivity contribution is 5.54. The molecule has 2 atom stereocenters. The minimum atomic E-state index is -1.58. The summed E-state index contributed by atoms with van der Waals surface area (Å²) >= 11 is 0. The van der Waals surface area contributed by atoms with E-state index in [2.05, 4.69) is 23.7 Å². The minimum Gasteiger partial charge on any atom is -0.394 e. The van der Waals surface area contributed by atoms with Gasteiger partial charge in [0.05, 0.1) is 26.4 Å². The van der Waals surface area contributed by atoms with E-state index in [4.69, 9.17) is 19.3 Å². The lowest BCUT2D eigenvalue weighted by Gasteiger charge is -2.10. The maximum Gasteiger partial charge on any atom is 0.249 e. The van der Waals surface area contributed by atoms with Crippen LogP contribution < -0.4 is 0 Å². The van der Waals surface area contributed by atoms with Crippen LogP contribution in [-0.2, 0) is 20.0 Å². The molecule has 4 rings (SSSR count). The molecule has 166 valence electrons. The summed E-state index contributed by atoms with van der Waals surface area (Å²) < 4.78 is 16.2. The Morgan fingerprint density at radius 3 is 2.06 bits per heavy atom. The van der Waals surface area contributed by atoms with Gasteiger partial charge in [0.1, 0.15) is 0 Å². The monoisotopic (exact) mass is 440 g/mol. The Kier molecular flexibility index (Phi) is 7.55. The van der Waals surface area contributed by atoms with Crippen LogP contribution in [0.1, 0.15) is 27.8 Å². The Balaban J connectivity index is 1.57. The maximum atomic E-state index is 11.0. The van der Waals surface area contributed by atoms with Crippen molar-refractivity contribution in [2.24, 2.45) is 0 Å². The number of epoxide rings is 1. The summed E-state index contributed by atoms with van der Waals surface area (Å²) in [5, 5.41) is 19.8. The lowest BCUT2D eigenvalue weighted by atomic mass is 9.99. The fourth-order valence-electron chi connectivity index (χ4n) is 3.21. The molecule has 33 heavy (non-hydrogen) atoms. The van der Waals surface area contributed by atoms with Crippen LogP contribution in [0.25, 0.3) is 0 Å². The van der Waals surface area contributed by atoms with E-state index in [-0.39, 0.29) is 19.8 Å². The Hall–Kier alpha value is -3.42. The van der Waals surface area contributed by atoms with Gasteiger partial charge in [-0.1, -0.05) is 66.1 Å². The van der Waals surface area contributed by atoms with Crippen molar-refractivity contribution in [3.63, 3.8) is 0 Å². The molecule has 0 saturated carbocycles. The van der Waals surface area contributed by atoms with Crippen molar-refractivity contribution >= 4 is 0 Å². The Morgan fingerprint density at radius 2 is 1.39 bits per heavy atom. The summed E-state index contributed by atoms with van der Waals surface area (Å²) in [5.41, 5.74) is 3.70. The highest BCUT2D eigenvalue weighted by atomic mass is 16.9.